The smallest absolute Gasteiger partial charge is 0.145 e. The first kappa shape index (κ1) is 35.3. The molecular weight excluding hydrogens is 496 g/mol. The predicted molar refractivity (Wildman–Crippen MR) is 184 cm³/mol. The molecule has 1 aliphatic rings. The van der Waals surface area contributed by atoms with E-state index in [1.165, 1.54) is 52.7 Å². The van der Waals surface area contributed by atoms with Crippen LogP contribution >= 0.6 is 0 Å². The quantitative estimate of drug-likeness (QED) is 0.127. The third kappa shape index (κ3) is 16.2. The minimum Gasteiger partial charge on any atom is -0.298 e. The molecule has 0 spiro atoms. The second-order valence-corrected chi connectivity index (χ2v) is 11.7. The summed E-state index contributed by atoms with van der Waals surface area (Å²) in [6.45, 7) is 19.3. The second-order valence-electron chi connectivity index (χ2n) is 11.7. The van der Waals surface area contributed by atoms with Gasteiger partial charge in [0.2, 0.25) is 0 Å². The highest BCUT2D eigenvalue weighted by Gasteiger charge is 2.26. The van der Waals surface area contributed by atoms with E-state index in [9.17, 15) is 4.79 Å². The number of hydrogen-bond donors (Lipinski definition) is 0. The summed E-state index contributed by atoms with van der Waals surface area (Å²) in [4.78, 5) is 10.6. The highest BCUT2D eigenvalue weighted by atomic mass is 16.1. The van der Waals surface area contributed by atoms with Crippen molar-refractivity contribution in [1.29, 1.82) is 0 Å². The molecule has 0 heterocycles. The van der Waals surface area contributed by atoms with Crippen molar-refractivity contribution in [3.63, 3.8) is 0 Å². The van der Waals surface area contributed by atoms with Crippen molar-refractivity contribution in [3.8, 4) is 0 Å². The molecule has 1 heteroatoms. The fourth-order valence-corrected chi connectivity index (χ4v) is 4.36. The van der Waals surface area contributed by atoms with E-state index in [1.54, 1.807) is 13.0 Å². The average Bonchev–Trinajstić information content (AvgIpc) is 2.90. The Hall–Kier alpha value is -3.71. The van der Waals surface area contributed by atoms with Gasteiger partial charge in [0.25, 0.3) is 0 Å². The van der Waals surface area contributed by atoms with Crippen LogP contribution in [0.15, 0.2) is 154 Å². The molecule has 1 aliphatic carbocycles. The number of allylic oxidation sites excluding steroid dienone is 26. The molecule has 0 radical (unpaired) electrons. The fourth-order valence-electron chi connectivity index (χ4n) is 4.36. The first-order chi connectivity index (χ1) is 19.4. The molecule has 1 rings (SSSR count). The zero-order valence-corrected chi connectivity index (χ0v) is 27.0. The van der Waals surface area contributed by atoms with Crippen LogP contribution in [0.3, 0.4) is 0 Å². The molecule has 0 bridgehead atoms. The number of aldehydes is 1. The number of carbonyl (C=O) groups excluding carboxylic acids is 1. The highest BCUT2D eigenvalue weighted by molar-refractivity contribution is 5.72. The molecule has 41 heavy (non-hydrogen) atoms. The van der Waals surface area contributed by atoms with Gasteiger partial charge in [0.15, 0.2) is 0 Å². The monoisotopic (exact) mass is 548 g/mol. The van der Waals surface area contributed by atoms with Crippen molar-refractivity contribution >= 4 is 6.29 Å². The molecule has 0 fully saturated rings. The minimum atomic E-state index is 0.281. The standard InChI is InChI=1S/C40H52O/c1-32(19-12-21-34(3)22-13-23-35(4)24-15-26-37(6)31-41)17-10-11-18-33(2)20-14-25-36(5)28-29-39-38(7)27-16-30-40(39,8)9/h10-15,17-26,28-29,31H,16,27,30H2,1-9H3. The SMILES string of the molecule is CC(C=O)=CC=CC(C)=CC=CC(C)=CC=CC(C)=CC=CC=C(C)C=CC=C(C)C=CC1=C(C)CCCC1(C)C. The van der Waals surface area contributed by atoms with E-state index in [1.807, 2.05) is 31.2 Å². The van der Waals surface area contributed by atoms with Crippen LogP contribution in [0.5, 0.6) is 0 Å². The summed E-state index contributed by atoms with van der Waals surface area (Å²) >= 11 is 0. The minimum absolute atomic E-state index is 0.281. The van der Waals surface area contributed by atoms with E-state index in [0.29, 0.717) is 5.57 Å². The zero-order valence-electron chi connectivity index (χ0n) is 27.0. The molecule has 0 amide bonds. The Labute approximate surface area is 251 Å². The van der Waals surface area contributed by atoms with Gasteiger partial charge in [0.1, 0.15) is 6.29 Å². The Balaban J connectivity index is 2.61. The van der Waals surface area contributed by atoms with E-state index >= 15 is 0 Å². The Bertz CT molecular complexity index is 1280. The van der Waals surface area contributed by atoms with Crippen LogP contribution in [-0.2, 0) is 4.79 Å². The lowest BCUT2D eigenvalue weighted by Gasteiger charge is -2.32. The van der Waals surface area contributed by atoms with Crippen molar-refractivity contribution < 1.29 is 4.79 Å². The summed E-state index contributed by atoms with van der Waals surface area (Å²) in [6, 6.07) is 0. The topological polar surface area (TPSA) is 17.1 Å². The van der Waals surface area contributed by atoms with Crippen molar-refractivity contribution in [2.75, 3.05) is 0 Å². The Morgan fingerprint density at radius 2 is 0.927 bits per heavy atom. The lowest BCUT2D eigenvalue weighted by molar-refractivity contribution is -0.104. The molecule has 0 aliphatic heterocycles. The fraction of sp³-hybridized carbons (Fsp3) is 0.325. The zero-order chi connectivity index (χ0) is 30.7. The van der Waals surface area contributed by atoms with Gasteiger partial charge in [0.05, 0.1) is 0 Å². The second kappa shape index (κ2) is 19.4. The highest BCUT2D eigenvalue weighted by Crippen LogP contribution is 2.40. The van der Waals surface area contributed by atoms with E-state index in [2.05, 4.69) is 127 Å². The Morgan fingerprint density at radius 3 is 1.32 bits per heavy atom. The summed E-state index contributed by atoms with van der Waals surface area (Å²) in [5, 5.41) is 0. The molecular formula is C40H52O. The van der Waals surface area contributed by atoms with E-state index in [4.69, 9.17) is 0 Å². The van der Waals surface area contributed by atoms with Crippen molar-refractivity contribution in [1.82, 2.24) is 0 Å². The third-order valence-electron chi connectivity index (χ3n) is 6.94. The molecule has 1 nitrogen and oxygen atoms in total. The van der Waals surface area contributed by atoms with Crippen molar-refractivity contribution in [3.05, 3.63) is 154 Å². The van der Waals surface area contributed by atoms with Crippen LogP contribution in [0.4, 0.5) is 0 Å². The molecule has 0 N–H and O–H groups in total. The van der Waals surface area contributed by atoms with Gasteiger partial charge in [-0.25, -0.2) is 0 Å². The van der Waals surface area contributed by atoms with Crippen LogP contribution < -0.4 is 0 Å². The predicted octanol–water partition coefficient (Wildman–Crippen LogP) is 11.7. The van der Waals surface area contributed by atoms with Gasteiger partial charge < -0.3 is 0 Å². The molecule has 0 aromatic rings. The van der Waals surface area contributed by atoms with Gasteiger partial charge >= 0.3 is 0 Å². The first-order valence-electron chi connectivity index (χ1n) is 14.7. The van der Waals surface area contributed by atoms with Crippen LogP contribution in [0.2, 0.25) is 0 Å². The summed E-state index contributed by atoms with van der Waals surface area (Å²) in [7, 11) is 0. The molecule has 0 saturated carbocycles. The van der Waals surface area contributed by atoms with Gasteiger partial charge in [-0.2, -0.15) is 0 Å². The maximum absolute atomic E-state index is 10.6. The number of hydrogen-bond acceptors (Lipinski definition) is 1. The summed E-state index contributed by atoms with van der Waals surface area (Å²) < 4.78 is 0. The molecule has 0 atom stereocenters. The molecule has 0 aromatic carbocycles. The van der Waals surface area contributed by atoms with Gasteiger partial charge in [-0.1, -0.05) is 157 Å². The van der Waals surface area contributed by atoms with Crippen LogP contribution in [0, 0.1) is 5.41 Å². The molecule has 218 valence electrons. The molecule has 0 saturated heterocycles. The Kier molecular flexibility index (Phi) is 16.7. The average molecular weight is 549 g/mol. The van der Waals surface area contributed by atoms with Gasteiger partial charge in [0, 0.05) is 0 Å². The summed E-state index contributed by atoms with van der Waals surface area (Å²) in [5.74, 6) is 0. The maximum Gasteiger partial charge on any atom is 0.145 e. The number of rotatable bonds is 13. The van der Waals surface area contributed by atoms with Crippen LogP contribution in [-0.4, -0.2) is 6.29 Å². The molecule has 0 aromatic heterocycles. The van der Waals surface area contributed by atoms with Gasteiger partial charge in [-0.15, -0.1) is 0 Å². The summed E-state index contributed by atoms with van der Waals surface area (Å²) in [6.07, 6.45) is 42.2. The van der Waals surface area contributed by atoms with Crippen LogP contribution in [0.25, 0.3) is 0 Å². The Morgan fingerprint density at radius 1 is 0.561 bits per heavy atom. The van der Waals surface area contributed by atoms with Gasteiger partial charge in [-0.3, -0.25) is 4.79 Å². The van der Waals surface area contributed by atoms with E-state index in [-0.39, 0.29) is 5.41 Å². The van der Waals surface area contributed by atoms with Gasteiger partial charge in [-0.05, 0) is 84.3 Å². The van der Waals surface area contributed by atoms with Crippen molar-refractivity contribution in [2.24, 2.45) is 5.41 Å². The largest absolute Gasteiger partial charge is 0.298 e. The van der Waals surface area contributed by atoms with E-state index < -0.39 is 0 Å². The maximum atomic E-state index is 10.6. The number of carbonyl (C=O) groups is 1. The van der Waals surface area contributed by atoms with Crippen molar-refractivity contribution in [2.45, 2.75) is 81.6 Å². The third-order valence-corrected chi connectivity index (χ3v) is 6.94. The summed E-state index contributed by atoms with van der Waals surface area (Å²) in [5.41, 5.74) is 9.98. The lowest BCUT2D eigenvalue weighted by atomic mass is 9.72. The first-order valence-corrected chi connectivity index (χ1v) is 14.7. The molecule has 0 unspecified atom stereocenters. The normalized spacial score (nSPS) is 19.0. The van der Waals surface area contributed by atoms with Crippen LogP contribution in [0.1, 0.15) is 81.6 Å². The lowest BCUT2D eigenvalue weighted by Crippen LogP contribution is -2.19. The van der Waals surface area contributed by atoms with E-state index in [0.717, 1.165) is 11.9 Å².